The molecule has 2 heterocycles. The number of rotatable bonds is 3. The minimum Gasteiger partial charge on any atom is -0.508 e. The maximum atomic E-state index is 13.3. The van der Waals surface area contributed by atoms with Gasteiger partial charge in [-0.3, -0.25) is 14.5 Å². The van der Waals surface area contributed by atoms with Crippen LogP contribution in [0.5, 0.6) is 11.5 Å². The number of anilines is 2. The van der Waals surface area contributed by atoms with Crippen LogP contribution in [0.3, 0.4) is 0 Å². The molecule has 3 aromatic rings. The summed E-state index contributed by atoms with van der Waals surface area (Å²) in [6.07, 6.45) is 0. The number of phenols is 1. The van der Waals surface area contributed by atoms with E-state index >= 15 is 0 Å². The number of ether oxygens (including phenoxy) is 1. The number of likely N-dealkylation sites (N-methyl/N-ethyl adjacent to an activating group) is 1. The lowest BCUT2D eigenvalue weighted by Crippen LogP contribution is -2.29. The van der Waals surface area contributed by atoms with Crippen molar-refractivity contribution in [3.8, 4) is 11.5 Å². The highest BCUT2D eigenvalue weighted by Crippen LogP contribution is 2.43. The van der Waals surface area contributed by atoms with Crippen LogP contribution in [0.15, 0.2) is 72.3 Å². The average Bonchev–Trinajstić information content (AvgIpc) is 3.09. The van der Waals surface area contributed by atoms with Crippen molar-refractivity contribution in [1.82, 2.24) is 0 Å². The van der Waals surface area contributed by atoms with Gasteiger partial charge in [0, 0.05) is 18.3 Å². The predicted octanol–water partition coefficient (Wildman–Crippen LogP) is 4.16. The van der Waals surface area contributed by atoms with Crippen LogP contribution in [0.4, 0.5) is 11.4 Å². The van der Waals surface area contributed by atoms with Crippen molar-refractivity contribution in [3.63, 3.8) is 0 Å². The molecule has 34 heavy (non-hydrogen) atoms. The van der Waals surface area contributed by atoms with E-state index in [1.165, 1.54) is 17.0 Å². The first-order valence-electron chi connectivity index (χ1n) is 11.0. The van der Waals surface area contributed by atoms with Crippen molar-refractivity contribution in [1.29, 1.82) is 0 Å². The molecule has 172 valence electrons. The summed E-state index contributed by atoms with van der Waals surface area (Å²) in [6, 6.07) is 17.9. The van der Waals surface area contributed by atoms with Crippen LogP contribution in [0.25, 0.3) is 5.76 Å². The molecule has 5 rings (SSSR count). The van der Waals surface area contributed by atoms with Crippen molar-refractivity contribution in [2.75, 3.05) is 30.0 Å². The van der Waals surface area contributed by atoms with Crippen molar-refractivity contribution in [2.45, 2.75) is 13.0 Å². The third-order valence-electron chi connectivity index (χ3n) is 6.26. The van der Waals surface area contributed by atoms with Crippen LogP contribution in [0.2, 0.25) is 0 Å². The second kappa shape index (κ2) is 8.26. The zero-order valence-electron chi connectivity index (χ0n) is 18.9. The molecule has 1 saturated heterocycles. The van der Waals surface area contributed by atoms with Gasteiger partial charge in [-0.1, -0.05) is 24.3 Å². The molecule has 1 amide bonds. The van der Waals surface area contributed by atoms with E-state index in [0.717, 1.165) is 11.3 Å². The third kappa shape index (κ3) is 3.55. The fourth-order valence-electron chi connectivity index (χ4n) is 4.50. The minimum absolute atomic E-state index is 0.00322. The number of carbonyl (C=O) groups is 2. The molecule has 0 aromatic heterocycles. The summed E-state index contributed by atoms with van der Waals surface area (Å²) in [5.41, 5.74) is 3.29. The lowest BCUT2D eigenvalue weighted by atomic mass is 9.94. The van der Waals surface area contributed by atoms with Gasteiger partial charge in [-0.05, 0) is 60.5 Å². The van der Waals surface area contributed by atoms with Gasteiger partial charge in [0.1, 0.15) is 23.9 Å². The number of carbonyl (C=O) groups excluding carboxylic acids is 2. The van der Waals surface area contributed by atoms with Crippen LogP contribution < -0.4 is 14.5 Å². The maximum Gasteiger partial charge on any atom is 0.300 e. The lowest BCUT2D eigenvalue weighted by Gasteiger charge is -2.28. The molecule has 0 saturated carbocycles. The predicted molar refractivity (Wildman–Crippen MR) is 129 cm³/mol. The Morgan fingerprint density at radius 2 is 1.79 bits per heavy atom. The molecular weight excluding hydrogens is 432 g/mol. The normalized spacial score (nSPS) is 19.2. The van der Waals surface area contributed by atoms with E-state index in [0.29, 0.717) is 35.7 Å². The largest absolute Gasteiger partial charge is 0.508 e. The molecule has 0 bridgehead atoms. The number of hydrogen-bond donors (Lipinski definition) is 2. The number of hydrogen-bond acceptors (Lipinski definition) is 6. The molecule has 3 aromatic carbocycles. The van der Waals surface area contributed by atoms with E-state index < -0.39 is 17.7 Å². The highest BCUT2D eigenvalue weighted by atomic mass is 16.5. The quantitative estimate of drug-likeness (QED) is 0.350. The summed E-state index contributed by atoms with van der Waals surface area (Å²) in [5, 5.41) is 21.2. The summed E-state index contributed by atoms with van der Waals surface area (Å²) < 4.78 is 5.69. The smallest absolute Gasteiger partial charge is 0.300 e. The number of fused-ring (bicyclic) bond motifs is 1. The zero-order valence-corrected chi connectivity index (χ0v) is 18.9. The van der Waals surface area contributed by atoms with Gasteiger partial charge in [0.2, 0.25) is 0 Å². The maximum absolute atomic E-state index is 13.3. The van der Waals surface area contributed by atoms with Crippen LogP contribution in [-0.2, 0) is 9.59 Å². The number of aliphatic hydroxyl groups is 1. The van der Waals surface area contributed by atoms with Crippen molar-refractivity contribution < 1.29 is 24.5 Å². The molecule has 1 fully saturated rings. The summed E-state index contributed by atoms with van der Waals surface area (Å²) in [4.78, 5) is 30.0. The van der Waals surface area contributed by atoms with E-state index in [1.54, 1.807) is 36.4 Å². The Morgan fingerprint density at radius 3 is 2.53 bits per heavy atom. The van der Waals surface area contributed by atoms with Crippen molar-refractivity contribution in [3.05, 3.63) is 89.0 Å². The molecule has 0 spiro atoms. The third-order valence-corrected chi connectivity index (χ3v) is 6.26. The van der Waals surface area contributed by atoms with Gasteiger partial charge in [-0.15, -0.1) is 0 Å². The van der Waals surface area contributed by atoms with Crippen LogP contribution in [0.1, 0.15) is 22.7 Å². The van der Waals surface area contributed by atoms with Gasteiger partial charge in [-0.2, -0.15) is 0 Å². The number of nitrogens with zero attached hydrogens (tertiary/aromatic N) is 2. The first kappa shape index (κ1) is 21.6. The summed E-state index contributed by atoms with van der Waals surface area (Å²) >= 11 is 0. The van der Waals surface area contributed by atoms with E-state index in [9.17, 15) is 19.8 Å². The molecule has 0 aliphatic carbocycles. The minimum atomic E-state index is -0.854. The van der Waals surface area contributed by atoms with Crippen molar-refractivity contribution >= 4 is 28.8 Å². The van der Waals surface area contributed by atoms with Crippen LogP contribution in [-0.4, -0.2) is 42.1 Å². The van der Waals surface area contributed by atoms with Gasteiger partial charge < -0.3 is 19.8 Å². The van der Waals surface area contributed by atoms with Crippen molar-refractivity contribution in [2.24, 2.45) is 0 Å². The summed E-state index contributed by atoms with van der Waals surface area (Å²) in [6.45, 7) is 3.17. The molecule has 7 nitrogen and oxygen atoms in total. The number of aryl methyl sites for hydroxylation is 1. The van der Waals surface area contributed by atoms with Gasteiger partial charge in [0.05, 0.1) is 23.8 Å². The topological polar surface area (TPSA) is 90.3 Å². The highest BCUT2D eigenvalue weighted by Gasteiger charge is 2.47. The molecular formula is C27H24N2O5. The number of ketones is 1. The standard InChI is InChI=1S/C27H24N2O5/c1-16-4-3-5-19(14-16)29-24(17-6-9-20(30)10-7-17)23(26(32)27(29)33)25(31)18-8-11-22-21(15-18)28(2)12-13-34-22/h3-11,14-15,24,30-31H,12-13H2,1-2H3/b25-23-. The van der Waals surface area contributed by atoms with Gasteiger partial charge in [0.15, 0.2) is 0 Å². The fourth-order valence-corrected chi connectivity index (χ4v) is 4.50. The molecule has 1 unspecified atom stereocenters. The second-order valence-electron chi connectivity index (χ2n) is 8.55. The average molecular weight is 456 g/mol. The molecule has 1 atom stereocenters. The summed E-state index contributed by atoms with van der Waals surface area (Å²) in [7, 11) is 1.93. The molecule has 7 heteroatoms. The first-order valence-corrected chi connectivity index (χ1v) is 11.0. The molecule has 2 N–H and O–H groups in total. The Labute approximate surface area is 197 Å². The molecule has 0 radical (unpaired) electrons. The second-order valence-corrected chi connectivity index (χ2v) is 8.55. The Balaban J connectivity index is 1.70. The number of Topliss-reactive ketones (excluding diaryl/α,β-unsaturated/α-hetero) is 1. The Morgan fingerprint density at radius 1 is 1.03 bits per heavy atom. The number of aromatic hydroxyl groups is 1. The number of aliphatic hydroxyl groups excluding tert-OH is 1. The number of amides is 1. The number of benzene rings is 3. The number of phenolic OH excluding ortho intramolecular Hbond substituents is 1. The van der Waals surface area contributed by atoms with Crippen LogP contribution >= 0.6 is 0 Å². The monoisotopic (exact) mass is 456 g/mol. The SMILES string of the molecule is Cc1cccc(N2C(=O)C(=O)/C(=C(\O)c3ccc4c(c3)N(C)CCO4)C2c2ccc(O)cc2)c1. The lowest BCUT2D eigenvalue weighted by molar-refractivity contribution is -0.132. The van der Waals surface area contributed by atoms with E-state index in [4.69, 9.17) is 4.74 Å². The van der Waals surface area contributed by atoms with E-state index in [-0.39, 0.29) is 17.1 Å². The highest BCUT2D eigenvalue weighted by molar-refractivity contribution is 6.51. The Kier molecular flexibility index (Phi) is 5.24. The van der Waals surface area contributed by atoms with Gasteiger partial charge in [0.25, 0.3) is 11.7 Å². The molecule has 2 aliphatic heterocycles. The van der Waals surface area contributed by atoms with E-state index in [1.807, 2.05) is 37.1 Å². The van der Waals surface area contributed by atoms with Gasteiger partial charge >= 0.3 is 0 Å². The van der Waals surface area contributed by atoms with Gasteiger partial charge in [-0.25, -0.2) is 0 Å². The summed E-state index contributed by atoms with van der Waals surface area (Å²) in [5.74, 6) is -0.981. The Hall–Kier alpha value is -4.26. The molecule has 2 aliphatic rings. The van der Waals surface area contributed by atoms with Crippen LogP contribution in [0, 0.1) is 6.92 Å². The van der Waals surface area contributed by atoms with E-state index in [2.05, 4.69) is 0 Å². The zero-order chi connectivity index (χ0) is 24.0. The fraction of sp³-hybridized carbons (Fsp3) is 0.185. The first-order chi connectivity index (χ1) is 16.3. The Bertz CT molecular complexity index is 1330.